The van der Waals surface area contributed by atoms with Crippen molar-refractivity contribution >= 4 is 23.2 Å². The maximum atomic E-state index is 13.5. The van der Waals surface area contributed by atoms with E-state index in [9.17, 15) is 14.3 Å². The first kappa shape index (κ1) is 22.3. The van der Waals surface area contributed by atoms with Gasteiger partial charge in [-0.3, -0.25) is 4.79 Å². The van der Waals surface area contributed by atoms with Gasteiger partial charge in [-0.1, -0.05) is 17.7 Å². The van der Waals surface area contributed by atoms with E-state index in [4.69, 9.17) is 11.6 Å². The SMILES string of the molecule is Cc1[nH]c2c(c1Nc1nccc(-c3ccn([C@H](CO)c4ccc(F)c(Cl)c4)c(=O)c3)n1)CCC2. The molecule has 3 heterocycles. The zero-order valence-corrected chi connectivity index (χ0v) is 19.2. The van der Waals surface area contributed by atoms with Crippen LogP contribution in [0.15, 0.2) is 53.6 Å². The molecule has 0 fully saturated rings. The van der Waals surface area contributed by atoms with Gasteiger partial charge in [0, 0.05) is 35.4 Å². The number of hydrogen-bond donors (Lipinski definition) is 3. The third kappa shape index (κ3) is 4.10. The van der Waals surface area contributed by atoms with Crippen LogP contribution in [0.1, 0.15) is 35.0 Å². The predicted octanol–water partition coefficient (Wildman–Crippen LogP) is 4.55. The maximum absolute atomic E-state index is 13.5. The summed E-state index contributed by atoms with van der Waals surface area (Å²) in [6, 6.07) is 8.39. The largest absolute Gasteiger partial charge is 0.394 e. The Morgan fingerprint density at radius 1 is 1.26 bits per heavy atom. The molecule has 7 nitrogen and oxygen atoms in total. The van der Waals surface area contributed by atoms with Crippen molar-refractivity contribution in [2.24, 2.45) is 0 Å². The number of aliphatic hydroxyl groups excluding tert-OH is 1. The van der Waals surface area contributed by atoms with Crippen LogP contribution in [0.3, 0.4) is 0 Å². The van der Waals surface area contributed by atoms with Crippen LogP contribution in [-0.2, 0) is 12.8 Å². The molecule has 34 heavy (non-hydrogen) atoms. The van der Waals surface area contributed by atoms with Gasteiger partial charge in [-0.05, 0) is 61.6 Å². The molecule has 0 bridgehead atoms. The fourth-order valence-electron chi connectivity index (χ4n) is 4.51. The quantitative estimate of drug-likeness (QED) is 0.377. The van der Waals surface area contributed by atoms with Gasteiger partial charge >= 0.3 is 0 Å². The molecule has 3 N–H and O–H groups in total. The van der Waals surface area contributed by atoms with E-state index in [1.807, 2.05) is 6.92 Å². The maximum Gasteiger partial charge on any atom is 0.251 e. The summed E-state index contributed by atoms with van der Waals surface area (Å²) >= 11 is 5.89. The molecule has 0 amide bonds. The first-order chi connectivity index (χ1) is 16.4. The van der Waals surface area contributed by atoms with Crippen LogP contribution >= 0.6 is 11.6 Å². The molecule has 5 rings (SSSR count). The molecule has 1 atom stereocenters. The predicted molar refractivity (Wildman–Crippen MR) is 129 cm³/mol. The Hall–Kier alpha value is -3.49. The molecule has 0 saturated carbocycles. The van der Waals surface area contributed by atoms with E-state index < -0.39 is 11.9 Å². The molecular weight excluding hydrogens is 457 g/mol. The average Bonchev–Trinajstić information content (AvgIpc) is 3.39. The van der Waals surface area contributed by atoms with Crippen molar-refractivity contribution in [3.8, 4) is 11.3 Å². The highest BCUT2D eigenvalue weighted by Gasteiger charge is 2.21. The number of halogens is 2. The van der Waals surface area contributed by atoms with E-state index in [1.54, 1.807) is 24.5 Å². The molecule has 0 spiro atoms. The normalized spacial score (nSPS) is 13.6. The van der Waals surface area contributed by atoms with Crippen molar-refractivity contribution in [2.75, 3.05) is 11.9 Å². The third-order valence-corrected chi connectivity index (χ3v) is 6.50. The molecule has 1 aliphatic rings. The first-order valence-corrected chi connectivity index (χ1v) is 11.4. The van der Waals surface area contributed by atoms with Gasteiger partial charge < -0.3 is 20.0 Å². The van der Waals surface area contributed by atoms with Crippen LogP contribution in [0.4, 0.5) is 16.0 Å². The number of nitrogens with zero attached hydrogens (tertiary/aromatic N) is 3. The van der Waals surface area contributed by atoms with Gasteiger partial charge in [0.25, 0.3) is 5.56 Å². The Morgan fingerprint density at radius 3 is 2.88 bits per heavy atom. The minimum absolute atomic E-state index is 0.0649. The van der Waals surface area contributed by atoms with Crippen molar-refractivity contribution in [3.63, 3.8) is 0 Å². The summed E-state index contributed by atoms with van der Waals surface area (Å²) in [5, 5.41) is 13.2. The highest BCUT2D eigenvalue weighted by atomic mass is 35.5. The van der Waals surface area contributed by atoms with Crippen LogP contribution < -0.4 is 10.9 Å². The number of aryl methyl sites for hydroxylation is 2. The Kier molecular flexibility index (Phi) is 5.93. The number of hydrogen-bond acceptors (Lipinski definition) is 5. The third-order valence-electron chi connectivity index (χ3n) is 6.21. The van der Waals surface area contributed by atoms with E-state index in [0.29, 0.717) is 22.8 Å². The van der Waals surface area contributed by atoms with Gasteiger partial charge in [-0.15, -0.1) is 0 Å². The summed E-state index contributed by atoms with van der Waals surface area (Å²) in [5.74, 6) is -0.106. The number of pyridine rings is 1. The lowest BCUT2D eigenvalue weighted by atomic mass is 10.1. The van der Waals surface area contributed by atoms with Crippen LogP contribution in [0.2, 0.25) is 5.02 Å². The van der Waals surface area contributed by atoms with Crippen molar-refractivity contribution in [2.45, 2.75) is 32.2 Å². The minimum atomic E-state index is -0.694. The summed E-state index contributed by atoms with van der Waals surface area (Å²) in [6.45, 7) is 1.68. The lowest BCUT2D eigenvalue weighted by Gasteiger charge is -2.19. The Labute approximate surface area is 200 Å². The van der Waals surface area contributed by atoms with Gasteiger partial charge in [-0.25, -0.2) is 14.4 Å². The number of rotatable bonds is 6. The smallest absolute Gasteiger partial charge is 0.251 e. The fraction of sp³-hybridized carbons (Fsp3) is 0.240. The number of H-pyrrole nitrogens is 1. The summed E-state index contributed by atoms with van der Waals surface area (Å²) in [7, 11) is 0. The van der Waals surface area contributed by atoms with E-state index in [2.05, 4.69) is 20.3 Å². The van der Waals surface area contributed by atoms with Crippen LogP contribution in [0, 0.1) is 12.7 Å². The average molecular weight is 480 g/mol. The summed E-state index contributed by atoms with van der Waals surface area (Å²) in [6.07, 6.45) is 6.44. The number of aromatic nitrogens is 4. The Morgan fingerprint density at radius 2 is 2.12 bits per heavy atom. The molecule has 4 aromatic rings. The molecular formula is C25H23ClFN5O2. The first-order valence-electron chi connectivity index (χ1n) is 11.0. The summed E-state index contributed by atoms with van der Waals surface area (Å²) in [5.41, 5.74) is 6.04. The Bertz CT molecular complexity index is 1430. The molecule has 0 radical (unpaired) electrons. The molecule has 0 aliphatic heterocycles. The van der Waals surface area contributed by atoms with Gasteiger partial charge in [0.1, 0.15) is 5.82 Å². The summed E-state index contributed by atoms with van der Waals surface area (Å²) < 4.78 is 14.9. The second kappa shape index (κ2) is 9.04. The van der Waals surface area contributed by atoms with Crippen LogP contribution in [0.25, 0.3) is 11.3 Å². The molecule has 0 saturated heterocycles. The highest BCUT2D eigenvalue weighted by molar-refractivity contribution is 6.30. The number of anilines is 2. The molecule has 1 aliphatic carbocycles. The second-order valence-electron chi connectivity index (χ2n) is 8.36. The van der Waals surface area contributed by atoms with Crippen molar-refractivity contribution < 1.29 is 9.50 Å². The number of aromatic amines is 1. The van der Waals surface area contributed by atoms with Crippen LogP contribution in [0.5, 0.6) is 0 Å². The zero-order valence-electron chi connectivity index (χ0n) is 18.5. The molecule has 174 valence electrons. The number of fused-ring (bicyclic) bond motifs is 1. The van der Waals surface area contributed by atoms with Gasteiger partial charge in [0.05, 0.1) is 29.1 Å². The Balaban J connectivity index is 1.43. The van der Waals surface area contributed by atoms with E-state index in [-0.39, 0.29) is 17.2 Å². The van der Waals surface area contributed by atoms with E-state index in [1.165, 1.54) is 40.1 Å². The number of benzene rings is 1. The van der Waals surface area contributed by atoms with Gasteiger partial charge in [0.2, 0.25) is 5.95 Å². The van der Waals surface area contributed by atoms with Gasteiger partial charge in [0.15, 0.2) is 0 Å². The number of nitrogens with one attached hydrogen (secondary N) is 2. The number of aliphatic hydroxyl groups is 1. The molecule has 3 aromatic heterocycles. The zero-order chi connectivity index (χ0) is 23.8. The van der Waals surface area contributed by atoms with Crippen molar-refractivity contribution in [3.05, 3.63) is 92.5 Å². The molecule has 1 aromatic carbocycles. The van der Waals surface area contributed by atoms with Crippen LogP contribution in [-0.4, -0.2) is 31.2 Å². The monoisotopic (exact) mass is 479 g/mol. The summed E-state index contributed by atoms with van der Waals surface area (Å²) in [4.78, 5) is 25.3. The van der Waals surface area contributed by atoms with E-state index in [0.717, 1.165) is 30.6 Å². The lowest BCUT2D eigenvalue weighted by Crippen LogP contribution is -2.26. The van der Waals surface area contributed by atoms with E-state index >= 15 is 0 Å². The fourth-order valence-corrected chi connectivity index (χ4v) is 4.70. The van der Waals surface area contributed by atoms with Gasteiger partial charge in [-0.2, -0.15) is 0 Å². The van der Waals surface area contributed by atoms with Crippen molar-refractivity contribution in [1.82, 2.24) is 19.5 Å². The lowest BCUT2D eigenvalue weighted by molar-refractivity contribution is 0.247. The second-order valence-corrected chi connectivity index (χ2v) is 8.77. The topological polar surface area (TPSA) is 95.8 Å². The van der Waals surface area contributed by atoms with Crippen molar-refractivity contribution in [1.29, 1.82) is 0 Å². The highest BCUT2D eigenvalue weighted by Crippen LogP contribution is 2.33. The minimum Gasteiger partial charge on any atom is -0.394 e. The molecule has 0 unspecified atom stereocenters. The molecule has 9 heteroatoms. The standard InChI is InChI=1S/C25H23ClFN5O2/c1-14-24(17-3-2-4-21(17)29-14)31-25-28-9-7-20(30-25)15-8-10-32(23(34)12-15)22(13-33)16-5-6-19(27)18(26)11-16/h5-12,22,29,33H,2-4,13H2,1H3,(H,28,30,31)/t22-/m1/s1.